The number of thiocarbonyl (C=S) groups is 1. The molecule has 114 valence electrons. The van der Waals surface area contributed by atoms with Gasteiger partial charge in [0.05, 0.1) is 18.6 Å². The standard InChI is InChI=1S/C16H23N3OS/c17-6-2-7-19(11-14-3-1-8-20-14)16(21)18-15-10-12-4-5-13(15)9-12/h4-5,12-15H,1-3,7-11H2,(H,18,21)/t12-,13-,14-,15+/m0/s1. The second-order valence-corrected chi connectivity index (χ2v) is 6.71. The van der Waals surface area contributed by atoms with Crippen molar-refractivity contribution in [1.29, 1.82) is 5.26 Å². The minimum Gasteiger partial charge on any atom is -0.376 e. The summed E-state index contributed by atoms with van der Waals surface area (Å²) in [5, 5.41) is 13.2. The molecule has 2 aliphatic carbocycles. The minimum absolute atomic E-state index is 0.267. The predicted molar refractivity (Wildman–Crippen MR) is 85.7 cm³/mol. The summed E-state index contributed by atoms with van der Waals surface area (Å²) >= 11 is 5.60. The molecule has 4 atom stereocenters. The average Bonchev–Trinajstić information content (AvgIpc) is 3.20. The maximum atomic E-state index is 8.85. The van der Waals surface area contributed by atoms with Crippen LogP contribution in [0, 0.1) is 23.2 Å². The van der Waals surface area contributed by atoms with E-state index in [2.05, 4.69) is 28.4 Å². The SMILES string of the molecule is N#CCCN(C[C@@H]1CCCO1)C(=S)N[C@@H]1C[C@H]2C=C[C@H]1C2. The van der Waals surface area contributed by atoms with Gasteiger partial charge in [0.15, 0.2) is 5.11 Å². The topological polar surface area (TPSA) is 48.3 Å². The van der Waals surface area contributed by atoms with Crippen LogP contribution in [0.2, 0.25) is 0 Å². The van der Waals surface area contributed by atoms with Crippen molar-refractivity contribution in [2.24, 2.45) is 11.8 Å². The normalized spacial score (nSPS) is 33.1. The molecule has 0 aromatic rings. The molecule has 1 aliphatic heterocycles. The molecule has 2 fully saturated rings. The number of hydrogen-bond donors (Lipinski definition) is 1. The molecule has 3 rings (SSSR count). The summed E-state index contributed by atoms with van der Waals surface area (Å²) in [5.41, 5.74) is 0. The smallest absolute Gasteiger partial charge is 0.169 e. The quantitative estimate of drug-likeness (QED) is 0.623. The van der Waals surface area contributed by atoms with Gasteiger partial charge in [0.2, 0.25) is 0 Å². The van der Waals surface area contributed by atoms with Gasteiger partial charge in [0, 0.05) is 25.7 Å². The Hall–Kier alpha value is -1.12. The van der Waals surface area contributed by atoms with Gasteiger partial charge in [-0.3, -0.25) is 0 Å². The highest BCUT2D eigenvalue weighted by Gasteiger charge is 2.36. The molecule has 1 N–H and O–H groups in total. The van der Waals surface area contributed by atoms with Crippen LogP contribution in [0.4, 0.5) is 0 Å². The highest BCUT2D eigenvalue weighted by molar-refractivity contribution is 7.80. The van der Waals surface area contributed by atoms with Crippen LogP contribution in [-0.2, 0) is 4.74 Å². The molecule has 0 amide bonds. The van der Waals surface area contributed by atoms with Crippen LogP contribution in [0.5, 0.6) is 0 Å². The van der Waals surface area contributed by atoms with E-state index < -0.39 is 0 Å². The van der Waals surface area contributed by atoms with Crippen molar-refractivity contribution in [3.63, 3.8) is 0 Å². The highest BCUT2D eigenvalue weighted by Crippen LogP contribution is 2.39. The number of hydrogen-bond acceptors (Lipinski definition) is 3. The van der Waals surface area contributed by atoms with Gasteiger partial charge >= 0.3 is 0 Å². The zero-order chi connectivity index (χ0) is 14.7. The van der Waals surface area contributed by atoms with Gasteiger partial charge in [0.1, 0.15) is 0 Å². The highest BCUT2D eigenvalue weighted by atomic mass is 32.1. The van der Waals surface area contributed by atoms with E-state index in [4.69, 9.17) is 22.2 Å². The summed E-state index contributed by atoms with van der Waals surface area (Å²) in [6.45, 7) is 2.36. The molecule has 21 heavy (non-hydrogen) atoms. The first-order valence-corrected chi connectivity index (χ1v) is 8.39. The Morgan fingerprint density at radius 1 is 1.43 bits per heavy atom. The maximum Gasteiger partial charge on any atom is 0.169 e. The van der Waals surface area contributed by atoms with Crippen molar-refractivity contribution in [2.75, 3.05) is 19.7 Å². The van der Waals surface area contributed by atoms with E-state index in [9.17, 15) is 0 Å². The number of nitrogens with one attached hydrogen (secondary N) is 1. The van der Waals surface area contributed by atoms with Gasteiger partial charge in [-0.25, -0.2) is 0 Å². The summed E-state index contributed by atoms with van der Waals surface area (Å²) in [6, 6.07) is 2.69. The maximum absolute atomic E-state index is 8.85. The van der Waals surface area contributed by atoms with Crippen molar-refractivity contribution in [3.05, 3.63) is 12.2 Å². The molecule has 1 heterocycles. The van der Waals surface area contributed by atoms with Crippen LogP contribution in [0.3, 0.4) is 0 Å². The Morgan fingerprint density at radius 2 is 2.33 bits per heavy atom. The molecule has 2 bridgehead atoms. The zero-order valence-electron chi connectivity index (χ0n) is 12.3. The lowest BCUT2D eigenvalue weighted by Crippen LogP contribution is -2.48. The Balaban J connectivity index is 1.54. The Bertz CT molecular complexity index is 453. The first kappa shape index (κ1) is 14.8. The first-order valence-electron chi connectivity index (χ1n) is 7.98. The van der Waals surface area contributed by atoms with Crippen LogP contribution in [0.1, 0.15) is 32.1 Å². The summed E-state index contributed by atoms with van der Waals surface area (Å²) in [6.07, 6.45) is 10.1. The third-order valence-electron chi connectivity index (χ3n) is 4.82. The lowest BCUT2D eigenvalue weighted by Gasteiger charge is -2.31. The molecular weight excluding hydrogens is 282 g/mol. The van der Waals surface area contributed by atoms with Crippen LogP contribution in [0.15, 0.2) is 12.2 Å². The molecule has 0 aromatic heterocycles. The third kappa shape index (κ3) is 3.56. The summed E-state index contributed by atoms with van der Waals surface area (Å²) in [4.78, 5) is 2.13. The molecule has 1 saturated carbocycles. The van der Waals surface area contributed by atoms with Gasteiger partial charge in [-0.05, 0) is 49.7 Å². The first-order chi connectivity index (χ1) is 10.3. The van der Waals surface area contributed by atoms with Crippen molar-refractivity contribution in [1.82, 2.24) is 10.2 Å². The van der Waals surface area contributed by atoms with E-state index in [1.165, 1.54) is 12.8 Å². The van der Waals surface area contributed by atoms with Gasteiger partial charge in [0.25, 0.3) is 0 Å². The minimum atomic E-state index is 0.267. The van der Waals surface area contributed by atoms with Crippen LogP contribution in [-0.4, -0.2) is 41.9 Å². The Morgan fingerprint density at radius 3 is 2.95 bits per heavy atom. The van der Waals surface area contributed by atoms with Gasteiger partial charge in [-0.2, -0.15) is 5.26 Å². The third-order valence-corrected chi connectivity index (χ3v) is 5.19. The zero-order valence-corrected chi connectivity index (χ0v) is 13.1. The van der Waals surface area contributed by atoms with Gasteiger partial charge in [-0.15, -0.1) is 0 Å². The molecule has 0 spiro atoms. The second-order valence-electron chi connectivity index (χ2n) is 6.33. The van der Waals surface area contributed by atoms with E-state index in [1.54, 1.807) is 0 Å². The average molecular weight is 305 g/mol. The molecular formula is C16H23N3OS. The number of nitriles is 1. The monoisotopic (exact) mass is 305 g/mol. The van der Waals surface area contributed by atoms with Crippen molar-refractivity contribution in [3.8, 4) is 6.07 Å². The molecule has 0 unspecified atom stereocenters. The number of ether oxygens (including phenoxy) is 1. The van der Waals surface area contributed by atoms with Crippen LogP contribution in [0.25, 0.3) is 0 Å². The van der Waals surface area contributed by atoms with Crippen LogP contribution >= 0.6 is 12.2 Å². The molecule has 0 radical (unpaired) electrons. The lowest BCUT2D eigenvalue weighted by atomic mass is 10.0. The van der Waals surface area contributed by atoms with Crippen LogP contribution < -0.4 is 5.32 Å². The van der Waals surface area contributed by atoms with Crippen molar-refractivity contribution < 1.29 is 4.74 Å². The van der Waals surface area contributed by atoms with Crippen molar-refractivity contribution in [2.45, 2.75) is 44.2 Å². The molecule has 3 aliphatic rings. The fourth-order valence-electron chi connectivity index (χ4n) is 3.69. The van der Waals surface area contributed by atoms with E-state index in [0.29, 0.717) is 24.9 Å². The largest absolute Gasteiger partial charge is 0.376 e. The Labute approximate surface area is 132 Å². The fraction of sp³-hybridized carbons (Fsp3) is 0.750. The van der Waals surface area contributed by atoms with E-state index in [1.807, 2.05) is 0 Å². The van der Waals surface area contributed by atoms with Crippen molar-refractivity contribution >= 4 is 17.3 Å². The molecule has 1 saturated heterocycles. The number of fused-ring (bicyclic) bond motifs is 2. The number of allylic oxidation sites excluding steroid dienone is 1. The number of rotatable bonds is 5. The molecule has 5 heteroatoms. The number of nitrogens with zero attached hydrogens (tertiary/aromatic N) is 2. The predicted octanol–water partition coefficient (Wildman–Crippen LogP) is 2.22. The summed E-state index contributed by atoms with van der Waals surface area (Å²) in [7, 11) is 0. The van der Waals surface area contributed by atoms with E-state index in [0.717, 1.165) is 37.0 Å². The summed E-state index contributed by atoms with van der Waals surface area (Å²) < 4.78 is 5.71. The Kier molecular flexibility index (Phi) is 4.77. The summed E-state index contributed by atoms with van der Waals surface area (Å²) in [5.74, 6) is 1.37. The van der Waals surface area contributed by atoms with Gasteiger partial charge < -0.3 is 15.0 Å². The molecule has 0 aromatic carbocycles. The van der Waals surface area contributed by atoms with E-state index >= 15 is 0 Å². The molecule has 4 nitrogen and oxygen atoms in total. The second kappa shape index (κ2) is 6.76. The van der Waals surface area contributed by atoms with Gasteiger partial charge in [-0.1, -0.05) is 12.2 Å². The lowest BCUT2D eigenvalue weighted by molar-refractivity contribution is 0.0912. The fourth-order valence-corrected chi connectivity index (χ4v) is 4.01. The van der Waals surface area contributed by atoms with E-state index in [-0.39, 0.29) is 6.10 Å².